The van der Waals surface area contributed by atoms with Gasteiger partial charge in [-0.25, -0.2) is 4.98 Å². The Balaban J connectivity index is 1.61. The van der Waals surface area contributed by atoms with Crippen molar-refractivity contribution in [2.45, 2.75) is 18.9 Å². The minimum Gasteiger partial charge on any atom is -0.376 e. The molecule has 30 heavy (non-hydrogen) atoms. The van der Waals surface area contributed by atoms with E-state index in [1.165, 1.54) is 23.5 Å². The van der Waals surface area contributed by atoms with Gasteiger partial charge in [0.05, 0.1) is 16.7 Å². The van der Waals surface area contributed by atoms with Crippen molar-refractivity contribution >= 4 is 33.8 Å². The Morgan fingerprint density at radius 3 is 2.63 bits per heavy atom. The number of nitro groups is 1. The average molecular weight is 424 g/mol. The molecule has 1 amide bonds. The minimum absolute atomic E-state index is 0.0130. The molecule has 0 unspecified atom stereocenters. The first-order chi connectivity index (χ1) is 14.6. The fourth-order valence-corrected chi connectivity index (χ4v) is 4.09. The van der Waals surface area contributed by atoms with Crippen molar-refractivity contribution in [3.8, 4) is 11.3 Å². The van der Waals surface area contributed by atoms with E-state index in [1.54, 1.807) is 24.3 Å². The number of nitrogens with zero attached hydrogens (tertiary/aromatic N) is 2. The van der Waals surface area contributed by atoms with Crippen molar-refractivity contribution in [3.63, 3.8) is 0 Å². The maximum absolute atomic E-state index is 13.0. The number of hydrogen-bond donors (Lipinski definition) is 2. The summed E-state index contributed by atoms with van der Waals surface area (Å²) in [6.45, 7) is 1.38. The number of carbonyl (C=O) groups is 1. The quantitative estimate of drug-likeness (QED) is 0.425. The Morgan fingerprint density at radius 2 is 1.97 bits per heavy atom. The number of benzene rings is 2. The lowest BCUT2D eigenvalue weighted by atomic mass is 10.1. The molecule has 1 aromatic heterocycles. The molecule has 1 atom stereocenters. The predicted octanol–water partition coefficient (Wildman–Crippen LogP) is 4.56. The molecule has 1 aliphatic rings. The van der Waals surface area contributed by atoms with Gasteiger partial charge in [-0.3, -0.25) is 14.9 Å². The zero-order valence-electron chi connectivity index (χ0n) is 16.0. The Bertz CT molecular complexity index is 1030. The van der Waals surface area contributed by atoms with E-state index in [4.69, 9.17) is 4.74 Å². The van der Waals surface area contributed by atoms with Gasteiger partial charge < -0.3 is 15.4 Å². The van der Waals surface area contributed by atoms with Gasteiger partial charge in [0, 0.05) is 36.5 Å². The summed E-state index contributed by atoms with van der Waals surface area (Å²) in [5.74, 6) is -0.280. The topological polar surface area (TPSA) is 106 Å². The van der Waals surface area contributed by atoms with E-state index in [-0.39, 0.29) is 17.7 Å². The van der Waals surface area contributed by atoms with Crippen LogP contribution >= 0.6 is 11.3 Å². The molecule has 2 heterocycles. The van der Waals surface area contributed by atoms with Crippen LogP contribution in [0.3, 0.4) is 0 Å². The molecule has 9 heteroatoms. The maximum atomic E-state index is 13.0. The summed E-state index contributed by atoms with van der Waals surface area (Å²) in [6, 6.07) is 15.2. The summed E-state index contributed by atoms with van der Waals surface area (Å²) in [5.41, 5.74) is 1.79. The van der Waals surface area contributed by atoms with Gasteiger partial charge in [0.15, 0.2) is 5.13 Å². The van der Waals surface area contributed by atoms with Crippen molar-refractivity contribution in [1.82, 2.24) is 4.98 Å². The zero-order valence-corrected chi connectivity index (χ0v) is 16.9. The third-order valence-corrected chi connectivity index (χ3v) is 5.73. The normalized spacial score (nSPS) is 15.7. The second-order valence-corrected chi connectivity index (χ2v) is 7.84. The largest absolute Gasteiger partial charge is 0.376 e. The number of amides is 1. The van der Waals surface area contributed by atoms with Crippen molar-refractivity contribution in [1.29, 1.82) is 0 Å². The number of carbonyl (C=O) groups excluding carboxylic acids is 1. The van der Waals surface area contributed by atoms with Crippen molar-refractivity contribution in [3.05, 3.63) is 69.6 Å². The molecular formula is C21H20N4O4S. The number of thiazole rings is 1. The lowest BCUT2D eigenvalue weighted by molar-refractivity contribution is -0.384. The van der Waals surface area contributed by atoms with Gasteiger partial charge in [-0.05, 0) is 37.1 Å². The third-order valence-electron chi connectivity index (χ3n) is 4.72. The highest BCUT2D eigenvalue weighted by Gasteiger charge is 2.22. The van der Waals surface area contributed by atoms with Crippen LogP contribution in [0.4, 0.5) is 16.5 Å². The van der Waals surface area contributed by atoms with Gasteiger partial charge in [-0.2, -0.15) is 0 Å². The number of ether oxygens (including phenoxy) is 1. The minimum atomic E-state index is -0.456. The predicted molar refractivity (Wildman–Crippen MR) is 116 cm³/mol. The molecule has 1 fully saturated rings. The van der Waals surface area contributed by atoms with Crippen LogP contribution in [0.5, 0.6) is 0 Å². The van der Waals surface area contributed by atoms with Gasteiger partial charge >= 0.3 is 0 Å². The SMILES string of the molecule is O=C(Nc1ccccc1)c1sc(NC[C@H]2CCCO2)nc1-c1ccc([N+](=O)[O-])cc1. The second-order valence-electron chi connectivity index (χ2n) is 6.84. The highest BCUT2D eigenvalue weighted by atomic mass is 32.1. The highest BCUT2D eigenvalue weighted by molar-refractivity contribution is 7.18. The van der Waals surface area contributed by atoms with Crippen LogP contribution in [0, 0.1) is 10.1 Å². The van der Waals surface area contributed by atoms with Crippen LogP contribution in [0.2, 0.25) is 0 Å². The zero-order chi connectivity index (χ0) is 20.9. The van der Waals surface area contributed by atoms with E-state index in [1.807, 2.05) is 18.2 Å². The fraction of sp³-hybridized carbons (Fsp3) is 0.238. The molecule has 0 spiro atoms. The summed E-state index contributed by atoms with van der Waals surface area (Å²) in [5, 5.41) is 17.7. The van der Waals surface area contributed by atoms with Crippen LogP contribution in [-0.4, -0.2) is 35.1 Å². The molecule has 0 bridgehead atoms. The lowest BCUT2D eigenvalue weighted by Gasteiger charge is -2.09. The third kappa shape index (κ3) is 4.64. The standard InChI is InChI=1S/C21H20N4O4S/c26-20(23-15-5-2-1-3-6-15)19-18(14-8-10-16(11-9-14)25(27)28)24-21(30-19)22-13-17-7-4-12-29-17/h1-3,5-6,8-11,17H,4,7,12-13H2,(H,22,24)(H,23,26)/t17-/m1/s1. The highest BCUT2D eigenvalue weighted by Crippen LogP contribution is 2.33. The van der Waals surface area contributed by atoms with E-state index < -0.39 is 4.92 Å². The molecule has 0 radical (unpaired) electrons. The van der Waals surface area contributed by atoms with Crippen LogP contribution in [-0.2, 0) is 4.74 Å². The monoisotopic (exact) mass is 424 g/mol. The van der Waals surface area contributed by atoms with Crippen molar-refractivity contribution in [2.24, 2.45) is 0 Å². The summed E-state index contributed by atoms with van der Waals surface area (Å²) >= 11 is 1.25. The number of nitro benzene ring substituents is 1. The molecule has 0 saturated carbocycles. The van der Waals surface area contributed by atoms with E-state index in [0.717, 1.165) is 19.4 Å². The maximum Gasteiger partial charge on any atom is 0.269 e. The molecule has 1 saturated heterocycles. The molecule has 2 aromatic carbocycles. The summed E-state index contributed by atoms with van der Waals surface area (Å²) in [6.07, 6.45) is 2.18. The van der Waals surface area contributed by atoms with E-state index >= 15 is 0 Å². The molecule has 0 aliphatic carbocycles. The van der Waals surface area contributed by atoms with E-state index in [9.17, 15) is 14.9 Å². The smallest absolute Gasteiger partial charge is 0.269 e. The summed E-state index contributed by atoms with van der Waals surface area (Å²) in [4.78, 5) is 28.5. The van der Waals surface area contributed by atoms with Gasteiger partial charge in [0.2, 0.25) is 0 Å². The van der Waals surface area contributed by atoms with Gasteiger partial charge in [-0.15, -0.1) is 0 Å². The molecule has 1 aliphatic heterocycles. The summed E-state index contributed by atoms with van der Waals surface area (Å²) < 4.78 is 5.63. The van der Waals surface area contributed by atoms with Crippen LogP contribution in [0.1, 0.15) is 22.5 Å². The van der Waals surface area contributed by atoms with Crippen LogP contribution < -0.4 is 10.6 Å². The van der Waals surface area contributed by atoms with Crippen LogP contribution in [0.15, 0.2) is 54.6 Å². The molecule has 2 N–H and O–H groups in total. The number of rotatable bonds is 7. The van der Waals surface area contributed by atoms with Gasteiger partial charge in [0.25, 0.3) is 11.6 Å². The number of nitrogens with one attached hydrogen (secondary N) is 2. The molecule has 154 valence electrons. The van der Waals surface area contributed by atoms with E-state index in [0.29, 0.717) is 33.5 Å². The number of aromatic nitrogens is 1. The number of para-hydroxylation sites is 1. The first-order valence-electron chi connectivity index (χ1n) is 9.57. The Hall–Kier alpha value is -3.30. The van der Waals surface area contributed by atoms with Gasteiger partial charge in [0.1, 0.15) is 4.88 Å². The number of non-ortho nitro benzene ring substituents is 1. The number of anilines is 2. The Morgan fingerprint density at radius 1 is 1.20 bits per heavy atom. The Labute approximate surface area is 177 Å². The Kier molecular flexibility index (Phi) is 6.01. The number of hydrogen-bond acceptors (Lipinski definition) is 7. The van der Waals surface area contributed by atoms with E-state index in [2.05, 4.69) is 15.6 Å². The first kappa shape index (κ1) is 20.0. The van der Waals surface area contributed by atoms with Crippen molar-refractivity contribution in [2.75, 3.05) is 23.8 Å². The molecule has 3 aromatic rings. The van der Waals surface area contributed by atoms with Crippen LogP contribution in [0.25, 0.3) is 11.3 Å². The summed E-state index contributed by atoms with van der Waals surface area (Å²) in [7, 11) is 0. The molecule has 8 nitrogen and oxygen atoms in total. The van der Waals surface area contributed by atoms with Gasteiger partial charge in [-0.1, -0.05) is 29.5 Å². The molecule has 4 rings (SSSR count). The molecular weight excluding hydrogens is 404 g/mol. The fourth-order valence-electron chi connectivity index (χ4n) is 3.20. The first-order valence-corrected chi connectivity index (χ1v) is 10.4. The second kappa shape index (κ2) is 9.02. The lowest BCUT2D eigenvalue weighted by Crippen LogP contribution is -2.18. The average Bonchev–Trinajstić information content (AvgIpc) is 3.43. The van der Waals surface area contributed by atoms with Crippen molar-refractivity contribution < 1.29 is 14.5 Å².